The standard InChI is InChI=1S/C14H11Cl3O2/c15-14(16,17)13(19)8-12(18)11-6-5-9-3-1-2-4-10(9)7-11/h1-7,13,19H,8H2. The third kappa shape index (κ3) is 3.61. The number of rotatable bonds is 3. The van der Waals surface area contributed by atoms with Crippen molar-refractivity contribution in [2.45, 2.75) is 16.3 Å². The molecule has 0 amide bonds. The van der Waals surface area contributed by atoms with Gasteiger partial charge in [-0.2, -0.15) is 0 Å². The van der Waals surface area contributed by atoms with Gasteiger partial charge >= 0.3 is 0 Å². The molecule has 2 nitrogen and oxygen atoms in total. The lowest BCUT2D eigenvalue weighted by Crippen LogP contribution is -2.28. The maximum atomic E-state index is 12.0. The Morgan fingerprint density at radius 3 is 2.37 bits per heavy atom. The van der Waals surface area contributed by atoms with Crippen LogP contribution in [0.25, 0.3) is 10.8 Å². The molecule has 1 N–H and O–H groups in total. The summed E-state index contributed by atoms with van der Waals surface area (Å²) < 4.78 is -1.85. The highest BCUT2D eigenvalue weighted by atomic mass is 35.6. The summed E-state index contributed by atoms with van der Waals surface area (Å²) in [4.78, 5) is 12.0. The lowest BCUT2D eigenvalue weighted by molar-refractivity contribution is 0.0885. The van der Waals surface area contributed by atoms with Gasteiger partial charge in [-0.05, 0) is 16.8 Å². The Hall–Kier alpha value is -0.800. The molecular formula is C14H11Cl3O2. The zero-order chi connectivity index (χ0) is 14.0. The Morgan fingerprint density at radius 2 is 1.74 bits per heavy atom. The van der Waals surface area contributed by atoms with E-state index in [-0.39, 0.29) is 12.2 Å². The second-order valence-electron chi connectivity index (χ2n) is 4.25. The fourth-order valence-corrected chi connectivity index (χ4v) is 2.00. The lowest BCUT2D eigenvalue weighted by atomic mass is 10.0. The van der Waals surface area contributed by atoms with Crippen molar-refractivity contribution in [1.82, 2.24) is 0 Å². The van der Waals surface area contributed by atoms with Crippen molar-refractivity contribution in [2.24, 2.45) is 0 Å². The molecule has 2 aromatic rings. The molecule has 1 atom stereocenters. The summed E-state index contributed by atoms with van der Waals surface area (Å²) in [6.07, 6.45) is -1.55. The molecule has 5 heteroatoms. The quantitative estimate of drug-likeness (QED) is 0.682. The second kappa shape index (κ2) is 5.68. The van der Waals surface area contributed by atoms with Crippen LogP contribution >= 0.6 is 34.8 Å². The van der Waals surface area contributed by atoms with Crippen LogP contribution in [-0.2, 0) is 0 Å². The fraction of sp³-hybridized carbons (Fsp3) is 0.214. The molecule has 0 aliphatic rings. The number of hydrogen-bond acceptors (Lipinski definition) is 2. The maximum absolute atomic E-state index is 12.0. The number of Topliss-reactive ketones (excluding diaryl/α,β-unsaturated/α-hetero) is 1. The van der Waals surface area contributed by atoms with Crippen molar-refractivity contribution in [2.75, 3.05) is 0 Å². The SMILES string of the molecule is O=C(CC(O)C(Cl)(Cl)Cl)c1ccc2ccccc2c1. The van der Waals surface area contributed by atoms with Crippen LogP contribution in [0.5, 0.6) is 0 Å². The monoisotopic (exact) mass is 316 g/mol. The van der Waals surface area contributed by atoms with Gasteiger partial charge < -0.3 is 5.11 Å². The number of benzene rings is 2. The summed E-state index contributed by atoms with van der Waals surface area (Å²) in [7, 11) is 0. The number of alkyl halides is 3. The molecule has 0 aromatic heterocycles. The van der Waals surface area contributed by atoms with Gasteiger partial charge in [0.05, 0.1) is 0 Å². The highest BCUT2D eigenvalue weighted by molar-refractivity contribution is 6.68. The number of halogens is 3. The van der Waals surface area contributed by atoms with Crippen LogP contribution in [0.3, 0.4) is 0 Å². The van der Waals surface area contributed by atoms with E-state index in [2.05, 4.69) is 0 Å². The number of carbonyl (C=O) groups excluding carboxylic acids is 1. The van der Waals surface area contributed by atoms with Gasteiger partial charge in [0, 0.05) is 12.0 Å². The van der Waals surface area contributed by atoms with E-state index in [1.54, 1.807) is 12.1 Å². The van der Waals surface area contributed by atoms with E-state index in [0.29, 0.717) is 5.56 Å². The highest BCUT2D eigenvalue weighted by Crippen LogP contribution is 2.32. The van der Waals surface area contributed by atoms with Crippen molar-refractivity contribution in [1.29, 1.82) is 0 Å². The van der Waals surface area contributed by atoms with Crippen LogP contribution in [-0.4, -0.2) is 20.8 Å². The van der Waals surface area contributed by atoms with E-state index in [1.807, 2.05) is 30.3 Å². The second-order valence-corrected chi connectivity index (χ2v) is 6.62. The minimum atomic E-state index is -1.85. The number of fused-ring (bicyclic) bond motifs is 1. The van der Waals surface area contributed by atoms with Crippen molar-refractivity contribution in [3.05, 3.63) is 48.0 Å². The number of aliphatic hydroxyl groups excluding tert-OH is 1. The smallest absolute Gasteiger partial charge is 0.216 e. The molecule has 0 bridgehead atoms. The van der Waals surface area contributed by atoms with E-state index in [4.69, 9.17) is 34.8 Å². The topological polar surface area (TPSA) is 37.3 Å². The third-order valence-electron chi connectivity index (χ3n) is 2.83. The van der Waals surface area contributed by atoms with Crippen LogP contribution < -0.4 is 0 Å². The number of hydrogen-bond donors (Lipinski definition) is 1. The Kier molecular flexibility index (Phi) is 4.36. The zero-order valence-corrected chi connectivity index (χ0v) is 12.1. The molecule has 1 unspecified atom stereocenters. The maximum Gasteiger partial charge on any atom is 0.216 e. The van der Waals surface area contributed by atoms with E-state index < -0.39 is 9.90 Å². The summed E-state index contributed by atoms with van der Waals surface area (Å²) in [6, 6.07) is 13.0. The molecule has 100 valence electrons. The van der Waals surface area contributed by atoms with Gasteiger partial charge in [0.1, 0.15) is 6.10 Å². The van der Waals surface area contributed by atoms with E-state index >= 15 is 0 Å². The summed E-state index contributed by atoms with van der Waals surface area (Å²) in [5.41, 5.74) is 0.493. The predicted octanol–water partition coefficient (Wildman–Crippen LogP) is 4.14. The van der Waals surface area contributed by atoms with Crippen LogP contribution in [0.15, 0.2) is 42.5 Å². The minimum Gasteiger partial charge on any atom is -0.388 e. The minimum absolute atomic E-state index is 0.227. The first-order valence-electron chi connectivity index (χ1n) is 5.65. The van der Waals surface area contributed by atoms with Crippen molar-refractivity contribution >= 4 is 51.4 Å². The fourth-order valence-electron chi connectivity index (χ4n) is 1.77. The van der Waals surface area contributed by atoms with Crippen LogP contribution in [0.4, 0.5) is 0 Å². The van der Waals surface area contributed by atoms with Gasteiger partial charge in [0.2, 0.25) is 3.79 Å². The van der Waals surface area contributed by atoms with Gasteiger partial charge in [-0.3, -0.25) is 4.79 Å². The molecule has 2 rings (SSSR count). The highest BCUT2D eigenvalue weighted by Gasteiger charge is 2.32. The molecular weight excluding hydrogens is 307 g/mol. The summed E-state index contributed by atoms with van der Waals surface area (Å²) in [5.74, 6) is -0.260. The number of aliphatic hydroxyl groups is 1. The van der Waals surface area contributed by atoms with E-state index in [1.165, 1.54) is 0 Å². The molecule has 0 saturated carbocycles. The number of carbonyl (C=O) groups is 1. The zero-order valence-electron chi connectivity index (χ0n) is 9.82. The largest absolute Gasteiger partial charge is 0.388 e. The molecule has 2 aromatic carbocycles. The normalized spacial score (nSPS) is 13.5. The molecule has 0 fully saturated rings. The lowest BCUT2D eigenvalue weighted by Gasteiger charge is -2.17. The average Bonchev–Trinajstić information content (AvgIpc) is 2.37. The molecule has 0 aliphatic heterocycles. The first-order valence-corrected chi connectivity index (χ1v) is 6.78. The molecule has 0 radical (unpaired) electrons. The Bertz CT molecular complexity index is 605. The van der Waals surface area contributed by atoms with Crippen molar-refractivity contribution < 1.29 is 9.90 Å². The molecule has 0 aliphatic carbocycles. The number of ketones is 1. The summed E-state index contributed by atoms with van der Waals surface area (Å²) in [6.45, 7) is 0. The predicted molar refractivity (Wildman–Crippen MR) is 79.2 cm³/mol. The van der Waals surface area contributed by atoms with Crippen LogP contribution in [0.2, 0.25) is 0 Å². The van der Waals surface area contributed by atoms with Crippen molar-refractivity contribution in [3.8, 4) is 0 Å². The first-order chi connectivity index (χ1) is 8.88. The first kappa shape index (κ1) is 14.6. The van der Waals surface area contributed by atoms with E-state index in [9.17, 15) is 9.90 Å². The van der Waals surface area contributed by atoms with Gasteiger partial charge in [0.15, 0.2) is 5.78 Å². The summed E-state index contributed by atoms with van der Waals surface area (Å²) >= 11 is 16.6. The Labute approximate surface area is 125 Å². The van der Waals surface area contributed by atoms with E-state index in [0.717, 1.165) is 10.8 Å². The Morgan fingerprint density at radius 1 is 1.11 bits per heavy atom. The molecule has 0 heterocycles. The average molecular weight is 318 g/mol. The van der Waals surface area contributed by atoms with Gasteiger partial charge in [-0.25, -0.2) is 0 Å². The molecule has 19 heavy (non-hydrogen) atoms. The van der Waals surface area contributed by atoms with Gasteiger partial charge in [-0.1, -0.05) is 71.2 Å². The van der Waals surface area contributed by atoms with Gasteiger partial charge in [0.25, 0.3) is 0 Å². The van der Waals surface area contributed by atoms with Crippen LogP contribution in [0.1, 0.15) is 16.8 Å². The van der Waals surface area contributed by atoms with Crippen LogP contribution in [0, 0.1) is 0 Å². The van der Waals surface area contributed by atoms with Gasteiger partial charge in [-0.15, -0.1) is 0 Å². The molecule has 0 spiro atoms. The molecule has 0 saturated heterocycles. The Balaban J connectivity index is 2.22. The summed E-state index contributed by atoms with van der Waals surface area (Å²) in [5, 5.41) is 11.6. The van der Waals surface area contributed by atoms with Crippen molar-refractivity contribution in [3.63, 3.8) is 0 Å². The third-order valence-corrected chi connectivity index (χ3v) is 3.58.